The van der Waals surface area contributed by atoms with Crippen LogP contribution in [0.3, 0.4) is 0 Å². The van der Waals surface area contributed by atoms with Crippen LogP contribution in [0.1, 0.15) is 38.2 Å². The zero-order valence-corrected chi connectivity index (χ0v) is 11.8. The first kappa shape index (κ1) is 14.4. The van der Waals surface area contributed by atoms with E-state index in [1.807, 2.05) is 31.2 Å². The molecular formula is C15H20N2O3. The van der Waals surface area contributed by atoms with E-state index in [0.29, 0.717) is 19.4 Å². The van der Waals surface area contributed by atoms with Crippen LogP contribution in [0.4, 0.5) is 5.69 Å². The fraction of sp³-hybridized carbons (Fsp3) is 0.467. The number of benzene rings is 1. The first-order chi connectivity index (χ1) is 9.48. The number of nitrogens with one attached hydrogen (secondary N) is 2. The van der Waals surface area contributed by atoms with E-state index in [2.05, 4.69) is 10.6 Å². The second-order valence-electron chi connectivity index (χ2n) is 5.40. The van der Waals surface area contributed by atoms with Crippen LogP contribution in [0, 0.1) is 0 Å². The number of hydrogen-bond acceptors (Lipinski definition) is 3. The number of carboxylic acid groups (broad SMARTS) is 1. The molecule has 20 heavy (non-hydrogen) atoms. The Kier molecular flexibility index (Phi) is 3.97. The minimum atomic E-state index is -1.20. The first-order valence-corrected chi connectivity index (χ1v) is 6.86. The Labute approximate surface area is 118 Å². The molecule has 0 aromatic heterocycles. The highest BCUT2D eigenvalue weighted by atomic mass is 16.4. The van der Waals surface area contributed by atoms with Crippen molar-refractivity contribution in [2.75, 3.05) is 11.9 Å². The Morgan fingerprint density at radius 1 is 1.45 bits per heavy atom. The number of fused-ring (bicyclic) bond motifs is 1. The third kappa shape index (κ3) is 2.61. The van der Waals surface area contributed by atoms with Gasteiger partial charge in [0.15, 0.2) is 0 Å². The van der Waals surface area contributed by atoms with Crippen LogP contribution in [-0.4, -0.2) is 29.1 Å². The molecule has 2 unspecified atom stereocenters. The van der Waals surface area contributed by atoms with Crippen LogP contribution in [-0.2, 0) is 9.59 Å². The predicted octanol–water partition coefficient (Wildman–Crippen LogP) is 1.96. The molecule has 0 radical (unpaired) electrons. The third-order valence-corrected chi connectivity index (χ3v) is 3.77. The molecule has 2 atom stereocenters. The van der Waals surface area contributed by atoms with Gasteiger partial charge in [0.25, 0.3) is 0 Å². The molecular weight excluding hydrogens is 256 g/mol. The van der Waals surface area contributed by atoms with Crippen LogP contribution in [0.2, 0.25) is 0 Å². The molecule has 1 aliphatic heterocycles. The second-order valence-corrected chi connectivity index (χ2v) is 5.40. The van der Waals surface area contributed by atoms with Crippen molar-refractivity contribution in [2.24, 2.45) is 0 Å². The van der Waals surface area contributed by atoms with Crippen LogP contribution >= 0.6 is 0 Å². The lowest BCUT2D eigenvalue weighted by molar-refractivity contribution is -0.147. The van der Waals surface area contributed by atoms with Gasteiger partial charge in [0.2, 0.25) is 5.91 Å². The van der Waals surface area contributed by atoms with Crippen molar-refractivity contribution in [3.8, 4) is 0 Å². The summed E-state index contributed by atoms with van der Waals surface area (Å²) < 4.78 is 0. The maximum Gasteiger partial charge on any atom is 0.329 e. The lowest BCUT2D eigenvalue weighted by atomic mass is 9.93. The third-order valence-electron chi connectivity index (χ3n) is 3.77. The molecule has 0 bridgehead atoms. The molecule has 108 valence electrons. The minimum absolute atomic E-state index is 0.235. The van der Waals surface area contributed by atoms with Gasteiger partial charge in [-0.1, -0.05) is 31.5 Å². The molecule has 1 amide bonds. The number of hydrogen-bond donors (Lipinski definition) is 3. The molecule has 3 N–H and O–H groups in total. The summed E-state index contributed by atoms with van der Waals surface area (Å²) in [6, 6.07) is 7.61. The first-order valence-electron chi connectivity index (χ1n) is 6.86. The van der Waals surface area contributed by atoms with Gasteiger partial charge >= 0.3 is 5.97 Å². The molecule has 5 heteroatoms. The van der Waals surface area contributed by atoms with E-state index in [4.69, 9.17) is 0 Å². The van der Waals surface area contributed by atoms with E-state index in [9.17, 15) is 14.7 Å². The number of rotatable bonds is 5. The largest absolute Gasteiger partial charge is 0.480 e. The molecule has 1 aromatic carbocycles. The van der Waals surface area contributed by atoms with Gasteiger partial charge in [-0.3, -0.25) is 4.79 Å². The van der Waals surface area contributed by atoms with Crippen molar-refractivity contribution in [3.05, 3.63) is 29.8 Å². The lowest BCUT2D eigenvalue weighted by Gasteiger charge is -2.27. The predicted molar refractivity (Wildman–Crippen MR) is 76.8 cm³/mol. The van der Waals surface area contributed by atoms with E-state index in [-0.39, 0.29) is 11.8 Å². The maximum absolute atomic E-state index is 12.4. The normalized spacial score (nSPS) is 19.6. The molecule has 1 aromatic rings. The lowest BCUT2D eigenvalue weighted by Crippen LogP contribution is -2.53. The van der Waals surface area contributed by atoms with Gasteiger partial charge < -0.3 is 15.7 Å². The Morgan fingerprint density at radius 2 is 2.15 bits per heavy atom. The number of carbonyl (C=O) groups excluding carboxylic acids is 1. The summed E-state index contributed by atoms with van der Waals surface area (Å²) in [4.78, 5) is 23.8. The van der Waals surface area contributed by atoms with E-state index in [0.717, 1.165) is 11.3 Å². The number of anilines is 1. The average molecular weight is 276 g/mol. The summed E-state index contributed by atoms with van der Waals surface area (Å²) in [5.74, 6) is -1.56. The van der Waals surface area contributed by atoms with Gasteiger partial charge in [-0.25, -0.2) is 4.79 Å². The Balaban J connectivity index is 2.15. The standard InChI is InChI=1S/C15H20N2O3/c1-3-8-15(2,14(19)20)17-13(18)11-9-16-12-7-5-4-6-10(11)12/h4-7,11,16H,3,8-9H2,1-2H3,(H,17,18)(H,19,20). The SMILES string of the molecule is CCCC(C)(NC(=O)C1CNc2ccccc21)C(=O)O. The van der Waals surface area contributed by atoms with Crippen molar-refractivity contribution in [2.45, 2.75) is 38.1 Å². The van der Waals surface area contributed by atoms with Crippen molar-refractivity contribution < 1.29 is 14.7 Å². The quantitative estimate of drug-likeness (QED) is 0.768. The van der Waals surface area contributed by atoms with Gasteiger partial charge in [-0.2, -0.15) is 0 Å². The highest BCUT2D eigenvalue weighted by molar-refractivity contribution is 5.92. The van der Waals surface area contributed by atoms with Crippen LogP contribution in [0.15, 0.2) is 24.3 Å². The second kappa shape index (κ2) is 5.53. The van der Waals surface area contributed by atoms with Crippen molar-refractivity contribution >= 4 is 17.6 Å². The van der Waals surface area contributed by atoms with Crippen molar-refractivity contribution in [1.29, 1.82) is 0 Å². The van der Waals surface area contributed by atoms with E-state index in [1.54, 1.807) is 6.92 Å². The minimum Gasteiger partial charge on any atom is -0.480 e. The molecule has 0 saturated heterocycles. The summed E-state index contributed by atoms with van der Waals surface area (Å²) in [6.07, 6.45) is 1.11. The molecule has 0 spiro atoms. The summed E-state index contributed by atoms with van der Waals surface area (Å²) in [7, 11) is 0. The fourth-order valence-corrected chi connectivity index (χ4v) is 2.60. The van der Waals surface area contributed by atoms with Crippen molar-refractivity contribution in [1.82, 2.24) is 5.32 Å². The van der Waals surface area contributed by atoms with Gasteiger partial charge in [0.05, 0.1) is 5.92 Å². The van der Waals surface area contributed by atoms with Gasteiger partial charge in [-0.15, -0.1) is 0 Å². The van der Waals surface area contributed by atoms with Crippen LogP contribution in [0.5, 0.6) is 0 Å². The Hall–Kier alpha value is -2.04. The van der Waals surface area contributed by atoms with E-state index in [1.165, 1.54) is 0 Å². The van der Waals surface area contributed by atoms with Gasteiger partial charge in [0, 0.05) is 12.2 Å². The fourth-order valence-electron chi connectivity index (χ4n) is 2.60. The zero-order chi connectivity index (χ0) is 14.8. The monoisotopic (exact) mass is 276 g/mol. The number of carbonyl (C=O) groups is 2. The molecule has 1 heterocycles. The van der Waals surface area contributed by atoms with Crippen molar-refractivity contribution in [3.63, 3.8) is 0 Å². The van der Waals surface area contributed by atoms with Gasteiger partial charge in [0.1, 0.15) is 5.54 Å². The molecule has 1 aliphatic rings. The smallest absolute Gasteiger partial charge is 0.329 e. The molecule has 0 fully saturated rings. The summed E-state index contributed by atoms with van der Waals surface area (Å²) >= 11 is 0. The summed E-state index contributed by atoms with van der Waals surface area (Å²) in [5.41, 5.74) is 0.665. The Bertz CT molecular complexity index is 530. The summed E-state index contributed by atoms with van der Waals surface area (Å²) in [6.45, 7) is 3.97. The molecule has 2 rings (SSSR count). The highest BCUT2D eigenvalue weighted by Crippen LogP contribution is 2.31. The highest BCUT2D eigenvalue weighted by Gasteiger charge is 2.37. The molecule has 0 saturated carbocycles. The Morgan fingerprint density at radius 3 is 2.80 bits per heavy atom. The van der Waals surface area contributed by atoms with E-state index >= 15 is 0 Å². The average Bonchev–Trinajstić information content (AvgIpc) is 2.82. The van der Waals surface area contributed by atoms with E-state index < -0.39 is 11.5 Å². The summed E-state index contributed by atoms with van der Waals surface area (Å²) in [5, 5.41) is 15.2. The van der Waals surface area contributed by atoms with Gasteiger partial charge in [-0.05, 0) is 25.0 Å². The number of carboxylic acids is 1. The maximum atomic E-state index is 12.4. The number of aliphatic carboxylic acids is 1. The van der Waals surface area contributed by atoms with Crippen LogP contribution in [0.25, 0.3) is 0 Å². The number of amides is 1. The topological polar surface area (TPSA) is 78.4 Å². The zero-order valence-electron chi connectivity index (χ0n) is 11.8. The van der Waals surface area contributed by atoms with Crippen LogP contribution < -0.4 is 10.6 Å². The number of para-hydroxylation sites is 1. The molecule has 5 nitrogen and oxygen atoms in total. The molecule has 0 aliphatic carbocycles.